The van der Waals surface area contributed by atoms with Crippen LogP contribution in [0.25, 0.3) is 16.9 Å². The lowest BCUT2D eigenvalue weighted by atomic mass is 10.2. The maximum atomic E-state index is 4.51. The van der Waals surface area contributed by atoms with E-state index in [4.69, 9.17) is 0 Å². The predicted octanol–water partition coefficient (Wildman–Crippen LogP) is 2.96. The quantitative estimate of drug-likeness (QED) is 0.460. The van der Waals surface area contributed by atoms with Crippen molar-refractivity contribution in [2.24, 2.45) is 5.10 Å². The zero-order chi connectivity index (χ0) is 17.1. The van der Waals surface area contributed by atoms with E-state index in [9.17, 15) is 0 Å². The van der Waals surface area contributed by atoms with Crippen LogP contribution in [0.5, 0.6) is 0 Å². The molecule has 0 aliphatic rings. The molecule has 1 N–H and O–H groups in total. The Kier molecular flexibility index (Phi) is 3.88. The number of hydrazone groups is 1. The first-order valence-corrected chi connectivity index (χ1v) is 7.81. The van der Waals surface area contributed by atoms with Gasteiger partial charge in [-0.2, -0.15) is 10.2 Å². The van der Waals surface area contributed by atoms with Gasteiger partial charge in [0.2, 0.25) is 5.65 Å². The molecule has 4 aromatic rings. The number of rotatable bonds is 4. The smallest absolute Gasteiger partial charge is 0.244 e. The van der Waals surface area contributed by atoms with Gasteiger partial charge in [0.1, 0.15) is 5.52 Å². The topological polar surface area (TPSA) is 80.9 Å². The average molecular weight is 329 g/mol. The first-order valence-electron chi connectivity index (χ1n) is 7.81. The molecule has 7 heteroatoms. The molecule has 0 atom stereocenters. The Labute approximate surface area is 144 Å². The van der Waals surface area contributed by atoms with E-state index in [-0.39, 0.29) is 0 Å². The molecule has 0 spiro atoms. The fourth-order valence-corrected chi connectivity index (χ4v) is 2.45. The molecule has 7 nitrogen and oxygen atoms in total. The lowest BCUT2D eigenvalue weighted by Gasteiger charge is -2.01. The van der Waals surface area contributed by atoms with Gasteiger partial charge >= 0.3 is 0 Å². The van der Waals surface area contributed by atoms with Crippen molar-refractivity contribution >= 4 is 23.3 Å². The highest BCUT2D eigenvalue weighted by Gasteiger charge is 2.13. The number of hydrogen-bond acceptors (Lipinski definition) is 6. The Hall–Kier alpha value is -3.61. The summed E-state index contributed by atoms with van der Waals surface area (Å²) in [6.07, 6.45) is 1.70. The van der Waals surface area contributed by atoms with Crippen LogP contribution in [0.15, 0.2) is 65.8 Å². The Balaban J connectivity index is 1.63. The Morgan fingerprint density at radius 1 is 0.960 bits per heavy atom. The van der Waals surface area contributed by atoms with Crippen molar-refractivity contribution in [3.05, 3.63) is 71.9 Å². The van der Waals surface area contributed by atoms with Crippen molar-refractivity contribution in [2.45, 2.75) is 6.92 Å². The number of benzene rings is 2. The van der Waals surface area contributed by atoms with Gasteiger partial charge in [-0.15, -0.1) is 10.2 Å². The van der Waals surface area contributed by atoms with Gasteiger partial charge in [-0.05, 0) is 24.6 Å². The Bertz CT molecular complexity index is 1020. The van der Waals surface area contributed by atoms with E-state index in [0.717, 1.165) is 16.9 Å². The second kappa shape index (κ2) is 6.48. The maximum Gasteiger partial charge on any atom is 0.263 e. The summed E-state index contributed by atoms with van der Waals surface area (Å²) in [5.74, 6) is 0.329. The number of aromatic nitrogens is 5. The number of anilines is 1. The van der Waals surface area contributed by atoms with Crippen molar-refractivity contribution in [1.29, 1.82) is 0 Å². The van der Waals surface area contributed by atoms with E-state index in [1.54, 1.807) is 10.9 Å². The number of nitrogens with zero attached hydrogens (tertiary/aromatic N) is 6. The summed E-state index contributed by atoms with van der Waals surface area (Å²) in [5.41, 5.74) is 6.79. The molecule has 0 unspecified atom stereocenters. The monoisotopic (exact) mass is 329 g/mol. The molecular formula is C18H15N7. The van der Waals surface area contributed by atoms with Crippen molar-refractivity contribution < 1.29 is 0 Å². The molecule has 2 heterocycles. The van der Waals surface area contributed by atoms with E-state index in [1.165, 1.54) is 0 Å². The summed E-state index contributed by atoms with van der Waals surface area (Å²) in [6.45, 7) is 1.90. The van der Waals surface area contributed by atoms with Crippen molar-refractivity contribution in [2.75, 3.05) is 5.43 Å². The Morgan fingerprint density at radius 3 is 2.44 bits per heavy atom. The predicted molar refractivity (Wildman–Crippen MR) is 96.9 cm³/mol. The highest BCUT2D eigenvalue weighted by atomic mass is 15.4. The van der Waals surface area contributed by atoms with Crippen LogP contribution in [0.3, 0.4) is 0 Å². The highest BCUT2D eigenvalue weighted by Crippen LogP contribution is 2.18. The van der Waals surface area contributed by atoms with Gasteiger partial charge in [0.05, 0.1) is 17.6 Å². The number of aryl methyl sites for hydroxylation is 1. The molecule has 0 bridgehead atoms. The molecule has 0 saturated carbocycles. The zero-order valence-electron chi connectivity index (χ0n) is 13.5. The van der Waals surface area contributed by atoms with Crippen molar-refractivity contribution in [3.63, 3.8) is 0 Å². The van der Waals surface area contributed by atoms with Gasteiger partial charge < -0.3 is 0 Å². The van der Waals surface area contributed by atoms with E-state index in [1.807, 2.05) is 67.6 Å². The van der Waals surface area contributed by atoms with E-state index in [2.05, 4.69) is 30.8 Å². The summed E-state index contributed by atoms with van der Waals surface area (Å²) in [5, 5.41) is 17.0. The van der Waals surface area contributed by atoms with Gasteiger partial charge in [0, 0.05) is 0 Å². The average Bonchev–Trinajstić information content (AvgIpc) is 3.00. The van der Waals surface area contributed by atoms with Crippen LogP contribution in [-0.4, -0.2) is 31.2 Å². The minimum atomic E-state index is 0.329. The van der Waals surface area contributed by atoms with Crippen LogP contribution >= 0.6 is 0 Å². The molecule has 122 valence electrons. The van der Waals surface area contributed by atoms with Crippen LogP contribution in [0.4, 0.5) is 5.95 Å². The maximum absolute atomic E-state index is 4.51. The van der Waals surface area contributed by atoms with Crippen LogP contribution in [0.2, 0.25) is 0 Å². The minimum absolute atomic E-state index is 0.329. The van der Waals surface area contributed by atoms with Gasteiger partial charge in [-0.3, -0.25) is 0 Å². The zero-order valence-corrected chi connectivity index (χ0v) is 13.5. The largest absolute Gasteiger partial charge is 0.263 e. The lowest BCUT2D eigenvalue weighted by molar-refractivity contribution is 0.862. The van der Waals surface area contributed by atoms with Crippen LogP contribution in [-0.2, 0) is 0 Å². The molecule has 0 radical (unpaired) electrons. The van der Waals surface area contributed by atoms with Gasteiger partial charge in [-0.1, -0.05) is 48.5 Å². The van der Waals surface area contributed by atoms with Gasteiger partial charge in [0.25, 0.3) is 5.95 Å². The Morgan fingerprint density at radius 2 is 1.68 bits per heavy atom. The van der Waals surface area contributed by atoms with Crippen molar-refractivity contribution in [1.82, 2.24) is 25.0 Å². The highest BCUT2D eigenvalue weighted by molar-refractivity contribution is 5.80. The molecule has 0 amide bonds. The van der Waals surface area contributed by atoms with Crippen LogP contribution < -0.4 is 5.43 Å². The van der Waals surface area contributed by atoms with E-state index < -0.39 is 0 Å². The first-order chi connectivity index (χ1) is 12.3. The van der Waals surface area contributed by atoms with Crippen LogP contribution in [0, 0.1) is 6.92 Å². The number of para-hydroxylation sites is 1. The molecule has 2 aromatic carbocycles. The number of hydrogen-bond donors (Lipinski definition) is 1. The summed E-state index contributed by atoms with van der Waals surface area (Å²) in [6, 6.07) is 19.6. The second-order valence-corrected chi connectivity index (χ2v) is 5.42. The first kappa shape index (κ1) is 14.9. The van der Waals surface area contributed by atoms with E-state index >= 15 is 0 Å². The molecule has 4 rings (SSSR count). The van der Waals surface area contributed by atoms with Gasteiger partial charge in [0.15, 0.2) is 0 Å². The lowest BCUT2D eigenvalue weighted by Crippen LogP contribution is -2.02. The second-order valence-electron chi connectivity index (χ2n) is 5.42. The number of fused-ring (bicyclic) bond motifs is 1. The third-order valence-corrected chi connectivity index (χ3v) is 3.64. The normalized spacial score (nSPS) is 11.2. The third-order valence-electron chi connectivity index (χ3n) is 3.64. The molecule has 0 fully saturated rings. The van der Waals surface area contributed by atoms with Gasteiger partial charge in [-0.25, -0.2) is 15.1 Å². The van der Waals surface area contributed by atoms with Crippen molar-refractivity contribution in [3.8, 4) is 5.69 Å². The minimum Gasteiger partial charge on any atom is -0.244 e. The summed E-state index contributed by atoms with van der Waals surface area (Å²) < 4.78 is 1.74. The summed E-state index contributed by atoms with van der Waals surface area (Å²) in [7, 11) is 0. The fraction of sp³-hybridized carbons (Fsp3) is 0.0556. The number of nitrogens with one attached hydrogen (secondary N) is 1. The third kappa shape index (κ3) is 3.07. The molecule has 0 aliphatic carbocycles. The van der Waals surface area contributed by atoms with E-state index in [0.29, 0.717) is 17.1 Å². The van der Waals surface area contributed by atoms with Crippen LogP contribution in [0.1, 0.15) is 11.3 Å². The molecular weight excluding hydrogens is 314 g/mol. The summed E-state index contributed by atoms with van der Waals surface area (Å²) in [4.78, 5) is 4.47. The fourth-order valence-electron chi connectivity index (χ4n) is 2.45. The molecule has 0 aliphatic heterocycles. The standard InChI is InChI=1S/C18H15N7/c1-13-16-17(25(24-13)15-10-6-3-7-11-15)21-23-18(20-16)22-19-12-14-8-4-2-5-9-14/h2-12H,1H3,(H,20,22,23). The molecule has 0 saturated heterocycles. The summed E-state index contributed by atoms with van der Waals surface area (Å²) >= 11 is 0. The molecule has 25 heavy (non-hydrogen) atoms. The molecule has 2 aromatic heterocycles. The SMILES string of the molecule is Cc1nn(-c2ccccc2)c2nnc(NN=Cc3ccccc3)nc12.